The molecule has 0 radical (unpaired) electrons. The summed E-state index contributed by atoms with van der Waals surface area (Å²) in [7, 11) is -9.77. The molecule has 0 heterocycles. The van der Waals surface area contributed by atoms with E-state index in [9.17, 15) is 43.7 Å². The Labute approximate surface area is 369 Å². The number of Topliss-reactive ketones (excluding diaryl/α,β-unsaturated/α-hetero) is 1. The van der Waals surface area contributed by atoms with Crippen LogP contribution in [0.25, 0.3) is 0 Å². The summed E-state index contributed by atoms with van der Waals surface area (Å²) in [5, 5.41) is 30.5. The second-order valence-corrected chi connectivity index (χ2v) is 18.8. The number of ether oxygens (including phenoxy) is 2. The highest BCUT2D eigenvalue weighted by Gasteiger charge is 2.39. The van der Waals surface area contributed by atoms with Crippen molar-refractivity contribution in [2.24, 2.45) is 11.8 Å². The molecule has 0 saturated heterocycles. The molecule has 1 saturated carbocycles. The van der Waals surface area contributed by atoms with Gasteiger partial charge in [0.15, 0.2) is 6.10 Å². The maximum atomic E-state index is 12.7. The van der Waals surface area contributed by atoms with Crippen LogP contribution < -0.4 is 0 Å². The van der Waals surface area contributed by atoms with Crippen LogP contribution in [-0.4, -0.2) is 98.6 Å². The topological polar surface area (TPSA) is 253 Å². The first-order valence-corrected chi connectivity index (χ1v) is 25.8. The summed E-state index contributed by atoms with van der Waals surface area (Å²) in [4.78, 5) is 65.4. The second-order valence-electron chi connectivity index (χ2n) is 16.1. The molecule has 0 aliphatic heterocycles. The average molecular weight is 925 g/mol. The van der Waals surface area contributed by atoms with Crippen LogP contribution in [0.1, 0.15) is 162 Å². The first-order valence-electron chi connectivity index (χ1n) is 22.8. The molecule has 1 aliphatic carbocycles. The second kappa shape index (κ2) is 35.2. The summed E-state index contributed by atoms with van der Waals surface area (Å²) in [6, 6.07) is 0. The van der Waals surface area contributed by atoms with Crippen LogP contribution in [0.4, 0.5) is 0 Å². The van der Waals surface area contributed by atoms with Crippen molar-refractivity contribution in [3.63, 3.8) is 0 Å². The molecule has 6 N–H and O–H groups in total. The number of rotatable bonds is 39. The number of esters is 2. The number of hydrogen-bond acceptors (Lipinski definition) is 13. The van der Waals surface area contributed by atoms with Crippen LogP contribution in [0.15, 0.2) is 36.5 Å². The van der Waals surface area contributed by atoms with Gasteiger partial charge in [0, 0.05) is 31.1 Å². The van der Waals surface area contributed by atoms with Crippen LogP contribution in [0.2, 0.25) is 0 Å². The summed E-state index contributed by atoms with van der Waals surface area (Å²) in [5.41, 5.74) is 0. The van der Waals surface area contributed by atoms with Crippen molar-refractivity contribution in [2.75, 3.05) is 26.4 Å². The molecule has 360 valence electrons. The lowest BCUT2D eigenvalue weighted by molar-refractivity contribution is -0.161. The molecule has 0 amide bonds. The van der Waals surface area contributed by atoms with E-state index in [1.165, 1.54) is 38.5 Å². The van der Waals surface area contributed by atoms with Crippen LogP contribution in [-0.2, 0) is 46.6 Å². The molecule has 16 nitrogen and oxygen atoms in total. The Bertz CT molecular complexity index is 1400. The molecule has 7 atom stereocenters. The van der Waals surface area contributed by atoms with Crippen molar-refractivity contribution in [2.45, 2.75) is 186 Å². The number of unbranched alkanes of at least 4 members (excludes halogenated alkanes) is 14. The Hall–Kier alpha value is -2.07. The minimum absolute atomic E-state index is 0.00275. The van der Waals surface area contributed by atoms with Crippen molar-refractivity contribution in [3.05, 3.63) is 36.5 Å². The van der Waals surface area contributed by atoms with Crippen molar-refractivity contribution in [1.29, 1.82) is 0 Å². The molecular weight excluding hydrogens is 846 g/mol. The predicted molar refractivity (Wildman–Crippen MR) is 236 cm³/mol. The smallest absolute Gasteiger partial charge is 0.462 e. The molecule has 0 aromatic rings. The summed E-state index contributed by atoms with van der Waals surface area (Å²) in [5.74, 6) is -2.09. The van der Waals surface area contributed by atoms with Gasteiger partial charge < -0.3 is 39.5 Å². The molecule has 18 heteroatoms. The average Bonchev–Trinajstić information content (AvgIpc) is 3.49. The number of aliphatic hydroxyl groups is 3. The Morgan fingerprint density at radius 2 is 1.24 bits per heavy atom. The van der Waals surface area contributed by atoms with Gasteiger partial charge >= 0.3 is 27.6 Å². The van der Waals surface area contributed by atoms with Gasteiger partial charge in [-0.3, -0.25) is 28.0 Å². The molecule has 62 heavy (non-hydrogen) atoms. The van der Waals surface area contributed by atoms with Gasteiger partial charge in [0.1, 0.15) is 18.5 Å². The Kier molecular flexibility index (Phi) is 32.9. The SMILES string of the molecule is CCCCCCCC/C=C\CCCCCCCC(=O)O[C@H](COC(=O)CCC/C=C\C[C@H]1[C@@H](O)CC(=O)[C@@H]1/C=C/[C@@H](O)CCCCC)COP(=O)(O)OC[C@@H](O)COP(=O)(O)O. The maximum Gasteiger partial charge on any atom is 0.472 e. The number of carbonyl (C=O) groups is 3. The Morgan fingerprint density at radius 1 is 0.694 bits per heavy atom. The fourth-order valence-corrected chi connectivity index (χ4v) is 7.95. The first-order chi connectivity index (χ1) is 29.6. The van der Waals surface area contributed by atoms with E-state index in [0.717, 1.165) is 57.8 Å². The fourth-order valence-electron chi connectivity index (χ4n) is 6.79. The van der Waals surface area contributed by atoms with Crippen molar-refractivity contribution in [1.82, 2.24) is 0 Å². The van der Waals surface area contributed by atoms with Gasteiger partial charge in [-0.15, -0.1) is 0 Å². The molecule has 1 fully saturated rings. The summed E-state index contributed by atoms with van der Waals surface area (Å²) < 4.78 is 47.8. The van der Waals surface area contributed by atoms with Gasteiger partial charge in [-0.05, 0) is 57.8 Å². The number of carbonyl (C=O) groups excluding carboxylic acids is 3. The number of phosphoric ester groups is 2. The van der Waals surface area contributed by atoms with Gasteiger partial charge in [0.2, 0.25) is 0 Å². The number of allylic oxidation sites excluding steroid dienone is 5. The number of ketones is 1. The molecule has 1 aliphatic rings. The molecule has 0 spiro atoms. The monoisotopic (exact) mass is 924 g/mol. The highest BCUT2D eigenvalue weighted by molar-refractivity contribution is 7.47. The molecule has 1 unspecified atom stereocenters. The van der Waals surface area contributed by atoms with E-state index >= 15 is 0 Å². The number of phosphoric acid groups is 2. The summed E-state index contributed by atoms with van der Waals surface area (Å²) in [6.45, 7) is 1.34. The third-order valence-corrected chi connectivity index (χ3v) is 11.8. The largest absolute Gasteiger partial charge is 0.472 e. The number of aliphatic hydroxyl groups excluding tert-OH is 3. The normalized spacial score (nSPS) is 19.7. The lowest BCUT2D eigenvalue weighted by Gasteiger charge is -2.20. The maximum absolute atomic E-state index is 12.7. The van der Waals surface area contributed by atoms with Gasteiger partial charge in [-0.1, -0.05) is 121 Å². The van der Waals surface area contributed by atoms with E-state index in [1.54, 1.807) is 12.2 Å². The lowest BCUT2D eigenvalue weighted by Crippen LogP contribution is -2.30. The molecular formula is C44H78O16P2. The van der Waals surface area contributed by atoms with Gasteiger partial charge in [-0.2, -0.15) is 0 Å². The van der Waals surface area contributed by atoms with Crippen LogP contribution >= 0.6 is 15.6 Å². The van der Waals surface area contributed by atoms with Crippen molar-refractivity contribution in [3.8, 4) is 0 Å². The summed E-state index contributed by atoms with van der Waals surface area (Å²) in [6.07, 6.45) is 26.5. The van der Waals surface area contributed by atoms with Crippen LogP contribution in [0.3, 0.4) is 0 Å². The predicted octanol–water partition coefficient (Wildman–Crippen LogP) is 8.26. The zero-order valence-corrected chi connectivity index (χ0v) is 39.0. The van der Waals surface area contributed by atoms with Crippen LogP contribution in [0, 0.1) is 11.8 Å². The van der Waals surface area contributed by atoms with E-state index in [2.05, 4.69) is 35.0 Å². The third kappa shape index (κ3) is 31.7. The van der Waals surface area contributed by atoms with Crippen molar-refractivity contribution >= 4 is 33.4 Å². The van der Waals surface area contributed by atoms with E-state index < -0.39 is 84.3 Å². The quantitative estimate of drug-likeness (QED) is 0.0147. The van der Waals surface area contributed by atoms with E-state index in [0.29, 0.717) is 32.1 Å². The molecule has 1 rings (SSSR count). The molecule has 0 aromatic heterocycles. The first kappa shape index (κ1) is 57.9. The van der Waals surface area contributed by atoms with E-state index in [-0.39, 0.29) is 31.0 Å². The number of hydrogen-bond donors (Lipinski definition) is 6. The summed E-state index contributed by atoms with van der Waals surface area (Å²) >= 11 is 0. The van der Waals surface area contributed by atoms with E-state index in [1.807, 2.05) is 12.2 Å². The molecule has 0 aromatic carbocycles. The zero-order chi connectivity index (χ0) is 46.1. The fraction of sp³-hybridized carbons (Fsp3) is 0.795. The van der Waals surface area contributed by atoms with Crippen molar-refractivity contribution < 1.29 is 76.6 Å². The minimum Gasteiger partial charge on any atom is -0.462 e. The van der Waals surface area contributed by atoms with Gasteiger partial charge in [0.25, 0.3) is 0 Å². The van der Waals surface area contributed by atoms with Gasteiger partial charge in [-0.25, -0.2) is 9.13 Å². The van der Waals surface area contributed by atoms with E-state index in [4.69, 9.17) is 23.8 Å². The minimum atomic E-state index is -4.90. The Balaban J connectivity index is 2.57. The zero-order valence-electron chi connectivity index (χ0n) is 37.2. The molecule has 0 bridgehead atoms. The van der Waals surface area contributed by atoms with Crippen LogP contribution in [0.5, 0.6) is 0 Å². The lowest BCUT2D eigenvalue weighted by atomic mass is 9.90. The standard InChI is InChI=1S/C44H78O16P2/c1-3-5-7-8-9-10-11-12-13-14-15-16-17-18-24-28-44(50)60-38(35-59-62(54,55)58-33-37(46)32-57-61(51,52)53)34-56-43(49)27-23-20-19-22-26-39-40(42(48)31-41(39)47)30-29-36(45)25-21-6-4-2/h12-13,19,22,29-30,36-41,45-47H,3-11,14-18,20-21,23-28,31-35H2,1-2H3,(H,54,55)(H2,51,52,53)/b13-12-,22-19-,30-29+/t36-,37-,38+,39+,40+,41-/m0/s1. The Morgan fingerprint density at radius 3 is 1.90 bits per heavy atom. The third-order valence-electron chi connectivity index (χ3n) is 10.4. The highest BCUT2D eigenvalue weighted by Crippen LogP contribution is 2.44. The van der Waals surface area contributed by atoms with Gasteiger partial charge in [0.05, 0.1) is 32.0 Å². The highest BCUT2D eigenvalue weighted by atomic mass is 31.2.